The first-order chi connectivity index (χ1) is 9.74. The third-order valence-corrected chi connectivity index (χ3v) is 4.75. The second-order valence-corrected chi connectivity index (χ2v) is 6.29. The number of aryl methyl sites for hydroxylation is 1. The fraction of sp³-hybridized carbons (Fsp3) is 0.571. The van der Waals surface area contributed by atoms with Gasteiger partial charge in [-0.3, -0.25) is 4.90 Å². The zero-order valence-corrected chi connectivity index (χ0v) is 16.5. The molecule has 0 radical (unpaired) electrons. The number of hydrogen-bond acceptors (Lipinski definition) is 6. The van der Waals surface area contributed by atoms with Gasteiger partial charge in [0.1, 0.15) is 12.1 Å². The Balaban J connectivity index is 0.00000161. The van der Waals surface area contributed by atoms with Crippen molar-refractivity contribution >= 4 is 64.6 Å². The summed E-state index contributed by atoms with van der Waals surface area (Å²) >= 11 is 1.72. The van der Waals surface area contributed by atoms with Gasteiger partial charge in [-0.1, -0.05) is 0 Å². The molecule has 0 saturated carbocycles. The molecule has 1 fully saturated rings. The van der Waals surface area contributed by atoms with Gasteiger partial charge < -0.3 is 10.6 Å². The van der Waals surface area contributed by atoms with Crippen molar-refractivity contribution in [3.63, 3.8) is 0 Å². The Kier molecular flexibility index (Phi) is 10.3. The molecule has 3 heterocycles. The lowest BCUT2D eigenvalue weighted by Gasteiger charge is -2.30. The van der Waals surface area contributed by atoms with Crippen molar-refractivity contribution in [1.82, 2.24) is 20.2 Å². The third kappa shape index (κ3) is 5.59. The Labute approximate surface area is 159 Å². The van der Waals surface area contributed by atoms with E-state index in [1.165, 1.54) is 5.56 Å². The molecule has 2 aromatic rings. The maximum Gasteiger partial charge on any atom is 0.147 e. The average molecular weight is 401 g/mol. The largest absolute Gasteiger partial charge is 0.365 e. The van der Waals surface area contributed by atoms with Crippen molar-refractivity contribution < 1.29 is 0 Å². The molecule has 1 aliphatic rings. The lowest BCUT2D eigenvalue weighted by Crippen LogP contribution is -2.47. The van der Waals surface area contributed by atoms with Crippen LogP contribution in [-0.4, -0.2) is 53.6 Å². The topological polar surface area (TPSA) is 53.1 Å². The second kappa shape index (κ2) is 10.5. The van der Waals surface area contributed by atoms with Gasteiger partial charge in [0.25, 0.3) is 0 Å². The molecule has 0 spiro atoms. The maximum atomic E-state index is 4.41. The number of nitrogens with one attached hydrogen (secondary N) is 2. The SMILES string of the molecule is Cc1csc2c(N[C@@H](C)CN3CCNCC3)ncnc12.Cl.Cl.Cl. The van der Waals surface area contributed by atoms with Gasteiger partial charge in [0.15, 0.2) is 0 Å². The van der Waals surface area contributed by atoms with Crippen LogP contribution in [0, 0.1) is 6.92 Å². The number of hydrogen-bond donors (Lipinski definition) is 2. The van der Waals surface area contributed by atoms with E-state index in [0.29, 0.717) is 6.04 Å². The number of piperazine rings is 1. The molecule has 0 unspecified atom stereocenters. The van der Waals surface area contributed by atoms with Crippen LogP contribution in [0.15, 0.2) is 11.7 Å². The summed E-state index contributed by atoms with van der Waals surface area (Å²) in [6.45, 7) is 9.81. The first-order valence-corrected chi connectivity index (χ1v) is 8.00. The monoisotopic (exact) mass is 399 g/mol. The quantitative estimate of drug-likeness (QED) is 0.826. The molecule has 132 valence electrons. The molecule has 0 amide bonds. The van der Waals surface area contributed by atoms with E-state index >= 15 is 0 Å². The minimum atomic E-state index is 0. The summed E-state index contributed by atoms with van der Waals surface area (Å²) in [5.74, 6) is 0.968. The van der Waals surface area contributed by atoms with Gasteiger partial charge in [-0.15, -0.1) is 48.6 Å². The summed E-state index contributed by atoms with van der Waals surface area (Å²) < 4.78 is 1.16. The second-order valence-electron chi connectivity index (χ2n) is 5.41. The molecule has 0 aromatic carbocycles. The van der Waals surface area contributed by atoms with E-state index in [-0.39, 0.29) is 37.2 Å². The van der Waals surface area contributed by atoms with Crippen molar-refractivity contribution in [3.8, 4) is 0 Å². The fourth-order valence-corrected chi connectivity index (χ4v) is 3.59. The predicted octanol–water partition coefficient (Wildman–Crippen LogP) is 2.97. The number of rotatable bonds is 4. The van der Waals surface area contributed by atoms with Crippen LogP contribution in [0.4, 0.5) is 5.82 Å². The highest BCUT2D eigenvalue weighted by Gasteiger charge is 2.15. The van der Waals surface area contributed by atoms with E-state index < -0.39 is 0 Å². The lowest BCUT2D eigenvalue weighted by molar-refractivity contribution is 0.235. The van der Waals surface area contributed by atoms with Crippen molar-refractivity contribution in [2.45, 2.75) is 19.9 Å². The molecule has 3 rings (SSSR count). The van der Waals surface area contributed by atoms with Gasteiger partial charge in [-0.2, -0.15) is 0 Å². The highest BCUT2D eigenvalue weighted by atomic mass is 35.5. The van der Waals surface area contributed by atoms with E-state index in [0.717, 1.165) is 48.8 Å². The molecule has 0 bridgehead atoms. The van der Waals surface area contributed by atoms with Gasteiger partial charge in [0.05, 0.1) is 10.2 Å². The Morgan fingerprint density at radius 3 is 2.65 bits per heavy atom. The minimum Gasteiger partial charge on any atom is -0.365 e. The number of nitrogens with zero attached hydrogens (tertiary/aromatic N) is 3. The first kappa shape index (κ1) is 22.6. The number of thiophene rings is 1. The summed E-state index contributed by atoms with van der Waals surface area (Å²) in [5.41, 5.74) is 2.30. The van der Waals surface area contributed by atoms with Gasteiger partial charge in [-0.05, 0) is 24.8 Å². The normalized spacial score (nSPS) is 15.9. The van der Waals surface area contributed by atoms with Crippen molar-refractivity contribution in [3.05, 3.63) is 17.3 Å². The zero-order chi connectivity index (χ0) is 13.9. The van der Waals surface area contributed by atoms with Crippen LogP contribution in [0.3, 0.4) is 0 Å². The first-order valence-electron chi connectivity index (χ1n) is 7.12. The maximum absolute atomic E-state index is 4.41. The molecular weight excluding hydrogens is 377 g/mol. The predicted molar refractivity (Wildman–Crippen MR) is 106 cm³/mol. The molecule has 1 aliphatic heterocycles. The minimum absolute atomic E-state index is 0. The number of fused-ring (bicyclic) bond motifs is 1. The summed E-state index contributed by atoms with van der Waals surface area (Å²) in [6, 6.07) is 0.383. The third-order valence-electron chi connectivity index (χ3n) is 3.66. The summed E-state index contributed by atoms with van der Waals surface area (Å²) in [7, 11) is 0. The zero-order valence-electron chi connectivity index (χ0n) is 13.2. The summed E-state index contributed by atoms with van der Waals surface area (Å²) in [5, 5.41) is 9.07. The smallest absolute Gasteiger partial charge is 0.147 e. The summed E-state index contributed by atoms with van der Waals surface area (Å²) in [6.07, 6.45) is 1.65. The molecule has 2 N–H and O–H groups in total. The standard InChI is InChI=1S/C14H21N5S.3ClH/c1-10-8-20-13-12(10)16-9-17-14(13)18-11(2)7-19-5-3-15-4-6-19;;;/h8-9,11,15H,3-7H2,1-2H3,(H,16,17,18);3*1H/t11-;;;/m0.../s1. The van der Waals surface area contributed by atoms with E-state index in [1.54, 1.807) is 17.7 Å². The van der Waals surface area contributed by atoms with Gasteiger partial charge in [0.2, 0.25) is 0 Å². The van der Waals surface area contributed by atoms with Crippen LogP contribution in [0.5, 0.6) is 0 Å². The van der Waals surface area contributed by atoms with Gasteiger partial charge >= 0.3 is 0 Å². The average Bonchev–Trinajstić information content (AvgIpc) is 2.83. The Bertz CT molecular complexity index is 589. The summed E-state index contributed by atoms with van der Waals surface area (Å²) in [4.78, 5) is 11.3. The van der Waals surface area contributed by atoms with E-state index in [1.807, 2.05) is 0 Å². The lowest BCUT2D eigenvalue weighted by atomic mass is 10.2. The van der Waals surface area contributed by atoms with Gasteiger partial charge in [0, 0.05) is 38.8 Å². The number of anilines is 1. The number of aromatic nitrogens is 2. The molecule has 1 atom stereocenters. The van der Waals surface area contributed by atoms with Crippen molar-refractivity contribution in [2.75, 3.05) is 38.0 Å². The molecular formula is C14H24Cl3N5S. The van der Waals surface area contributed by atoms with Crippen LogP contribution in [0.25, 0.3) is 10.2 Å². The Morgan fingerprint density at radius 2 is 1.96 bits per heavy atom. The fourth-order valence-electron chi connectivity index (χ4n) is 2.63. The molecule has 0 aliphatic carbocycles. The van der Waals surface area contributed by atoms with Crippen LogP contribution in [0.2, 0.25) is 0 Å². The van der Waals surface area contributed by atoms with Crippen LogP contribution in [0.1, 0.15) is 12.5 Å². The van der Waals surface area contributed by atoms with Crippen LogP contribution >= 0.6 is 48.6 Å². The van der Waals surface area contributed by atoms with Crippen molar-refractivity contribution in [2.24, 2.45) is 0 Å². The van der Waals surface area contributed by atoms with Gasteiger partial charge in [-0.25, -0.2) is 9.97 Å². The molecule has 2 aromatic heterocycles. The van der Waals surface area contributed by atoms with Crippen LogP contribution in [-0.2, 0) is 0 Å². The van der Waals surface area contributed by atoms with E-state index in [2.05, 4.69) is 44.7 Å². The number of halogens is 3. The molecule has 23 heavy (non-hydrogen) atoms. The molecule has 5 nitrogen and oxygen atoms in total. The van der Waals surface area contributed by atoms with E-state index in [9.17, 15) is 0 Å². The molecule has 9 heteroatoms. The highest BCUT2D eigenvalue weighted by molar-refractivity contribution is 7.18. The highest BCUT2D eigenvalue weighted by Crippen LogP contribution is 2.28. The van der Waals surface area contributed by atoms with E-state index in [4.69, 9.17) is 0 Å². The van der Waals surface area contributed by atoms with Crippen molar-refractivity contribution in [1.29, 1.82) is 0 Å². The van der Waals surface area contributed by atoms with Crippen LogP contribution < -0.4 is 10.6 Å². The Hall–Kier alpha value is -0.370. The molecule has 1 saturated heterocycles. The Morgan fingerprint density at radius 1 is 1.26 bits per heavy atom.